The summed E-state index contributed by atoms with van der Waals surface area (Å²) in [5.74, 6) is 0.838. The number of hydrogen-bond donors (Lipinski definition) is 1. The molecule has 4 heteroatoms. The Kier molecular flexibility index (Phi) is 6.31. The second-order valence-corrected chi connectivity index (χ2v) is 8.61. The van der Waals surface area contributed by atoms with Crippen molar-refractivity contribution in [2.24, 2.45) is 5.92 Å². The van der Waals surface area contributed by atoms with Crippen LogP contribution in [0.3, 0.4) is 0 Å². The summed E-state index contributed by atoms with van der Waals surface area (Å²) in [5.41, 5.74) is 4.60. The first-order valence-corrected chi connectivity index (χ1v) is 11.0. The van der Waals surface area contributed by atoms with Crippen LogP contribution in [0.5, 0.6) is 0 Å². The van der Waals surface area contributed by atoms with Crippen molar-refractivity contribution in [3.8, 4) is 0 Å². The van der Waals surface area contributed by atoms with E-state index < -0.39 is 6.10 Å². The normalized spacial score (nSPS) is 19.0. The quantitative estimate of drug-likeness (QED) is 0.837. The number of aliphatic hydroxyl groups is 1. The molecule has 0 aliphatic carbocycles. The van der Waals surface area contributed by atoms with Crippen molar-refractivity contribution in [3.63, 3.8) is 0 Å². The van der Waals surface area contributed by atoms with E-state index in [4.69, 9.17) is 0 Å². The van der Waals surface area contributed by atoms with Crippen LogP contribution >= 0.6 is 0 Å². The number of hydrogen-bond acceptors (Lipinski definition) is 3. The van der Waals surface area contributed by atoms with Gasteiger partial charge in [-0.1, -0.05) is 42.5 Å². The lowest BCUT2D eigenvalue weighted by atomic mass is 9.90. The van der Waals surface area contributed by atoms with Gasteiger partial charge in [0.25, 0.3) is 0 Å². The van der Waals surface area contributed by atoms with E-state index in [-0.39, 0.29) is 5.91 Å². The second-order valence-electron chi connectivity index (χ2n) is 8.61. The minimum atomic E-state index is -0.473. The summed E-state index contributed by atoms with van der Waals surface area (Å²) in [4.78, 5) is 16.1. The molecule has 2 aromatic rings. The van der Waals surface area contributed by atoms with E-state index in [0.29, 0.717) is 6.54 Å². The zero-order valence-corrected chi connectivity index (χ0v) is 17.4. The summed E-state index contributed by atoms with van der Waals surface area (Å²) in [5, 5.41) is 10.8. The van der Waals surface area contributed by atoms with Crippen LogP contribution in [0.2, 0.25) is 0 Å². The highest BCUT2D eigenvalue weighted by Crippen LogP contribution is 2.31. The smallest absolute Gasteiger partial charge is 0.223 e. The van der Waals surface area contributed by atoms with Gasteiger partial charge in [-0.3, -0.25) is 4.79 Å². The zero-order chi connectivity index (χ0) is 20.2. The number of fused-ring (bicyclic) bond motifs is 1. The Bertz CT molecular complexity index is 828. The molecule has 2 aromatic carbocycles. The molecule has 1 atom stereocenters. The molecule has 4 nitrogen and oxygen atoms in total. The van der Waals surface area contributed by atoms with Crippen LogP contribution in [0, 0.1) is 5.92 Å². The van der Waals surface area contributed by atoms with Gasteiger partial charge in [0.05, 0.1) is 6.10 Å². The third-order valence-corrected chi connectivity index (χ3v) is 6.49. The lowest BCUT2D eigenvalue weighted by molar-refractivity contribution is -0.116. The van der Waals surface area contributed by atoms with Crippen molar-refractivity contribution in [1.82, 2.24) is 4.90 Å². The topological polar surface area (TPSA) is 43.8 Å². The third-order valence-electron chi connectivity index (χ3n) is 6.49. The summed E-state index contributed by atoms with van der Waals surface area (Å²) in [6.07, 6.45) is 5.04. The van der Waals surface area contributed by atoms with Crippen molar-refractivity contribution in [3.05, 3.63) is 65.2 Å². The molecule has 2 aliphatic heterocycles. The summed E-state index contributed by atoms with van der Waals surface area (Å²) in [7, 11) is 0. The lowest BCUT2D eigenvalue weighted by Gasteiger charge is -2.34. The summed E-state index contributed by atoms with van der Waals surface area (Å²) < 4.78 is 0. The van der Waals surface area contributed by atoms with E-state index in [0.717, 1.165) is 56.1 Å². The Hall–Kier alpha value is -2.17. The van der Waals surface area contributed by atoms with Crippen molar-refractivity contribution >= 4 is 11.6 Å². The SMILES string of the molecule is CC(=O)N1CCCc2cc(C(O)CN3CCC(Cc4ccccc4)CC3)ccc21. The van der Waals surface area contributed by atoms with Gasteiger partial charge >= 0.3 is 0 Å². The van der Waals surface area contributed by atoms with E-state index in [2.05, 4.69) is 41.3 Å². The van der Waals surface area contributed by atoms with Gasteiger partial charge in [-0.2, -0.15) is 0 Å². The standard InChI is InChI=1S/C25H32N2O2/c1-19(28)27-13-5-8-22-17-23(9-10-24(22)27)25(29)18-26-14-11-21(12-15-26)16-20-6-3-2-4-7-20/h2-4,6-7,9-10,17,21,25,29H,5,8,11-16,18H2,1H3. The highest BCUT2D eigenvalue weighted by Gasteiger charge is 2.24. The number of piperidine rings is 1. The van der Waals surface area contributed by atoms with Crippen LogP contribution in [0.4, 0.5) is 5.69 Å². The van der Waals surface area contributed by atoms with Gasteiger partial charge in [0.1, 0.15) is 0 Å². The van der Waals surface area contributed by atoms with Gasteiger partial charge in [-0.15, -0.1) is 0 Å². The number of carbonyl (C=O) groups is 1. The van der Waals surface area contributed by atoms with Crippen molar-refractivity contribution in [2.45, 2.75) is 45.1 Å². The maximum Gasteiger partial charge on any atom is 0.223 e. The second kappa shape index (κ2) is 9.10. The number of nitrogens with zero attached hydrogens (tertiary/aromatic N) is 2. The van der Waals surface area contributed by atoms with E-state index in [1.807, 2.05) is 17.0 Å². The average molecular weight is 393 g/mol. The van der Waals surface area contributed by atoms with Gasteiger partial charge in [0.2, 0.25) is 5.91 Å². The molecule has 0 saturated carbocycles. The highest BCUT2D eigenvalue weighted by molar-refractivity contribution is 5.92. The van der Waals surface area contributed by atoms with Gasteiger partial charge < -0.3 is 14.9 Å². The predicted molar refractivity (Wildman–Crippen MR) is 117 cm³/mol. The average Bonchev–Trinajstić information content (AvgIpc) is 2.75. The molecule has 2 aliphatic rings. The number of benzene rings is 2. The van der Waals surface area contributed by atoms with Crippen molar-refractivity contribution in [2.75, 3.05) is 31.1 Å². The number of aliphatic hydroxyl groups excluding tert-OH is 1. The molecule has 0 aromatic heterocycles. The molecule has 0 bridgehead atoms. The monoisotopic (exact) mass is 392 g/mol. The first kappa shape index (κ1) is 20.1. The summed E-state index contributed by atoms with van der Waals surface area (Å²) in [6, 6.07) is 16.9. The Morgan fingerprint density at radius 1 is 1.10 bits per heavy atom. The molecule has 154 valence electrons. The zero-order valence-electron chi connectivity index (χ0n) is 17.4. The predicted octanol–water partition coefficient (Wildman–Crippen LogP) is 3.97. The van der Waals surface area contributed by atoms with Gasteiger partial charge in [-0.05, 0) is 73.9 Å². The Morgan fingerprint density at radius 2 is 1.86 bits per heavy atom. The van der Waals surface area contributed by atoms with Crippen LogP contribution in [-0.4, -0.2) is 42.1 Å². The molecule has 29 heavy (non-hydrogen) atoms. The molecular weight excluding hydrogens is 360 g/mol. The van der Waals surface area contributed by atoms with E-state index in [9.17, 15) is 9.90 Å². The molecule has 1 saturated heterocycles. The van der Waals surface area contributed by atoms with Gasteiger partial charge in [-0.25, -0.2) is 0 Å². The van der Waals surface area contributed by atoms with Crippen LogP contribution < -0.4 is 4.90 Å². The number of likely N-dealkylation sites (tertiary alicyclic amines) is 1. The number of amides is 1. The fourth-order valence-electron chi connectivity index (χ4n) is 4.82. The number of aryl methyl sites for hydroxylation is 1. The molecular formula is C25H32N2O2. The number of β-amino-alcohol motifs (C(OH)–C–C–N with tert-alkyl or cyclic N) is 1. The lowest BCUT2D eigenvalue weighted by Crippen LogP contribution is -2.37. The Labute approximate surface area is 174 Å². The van der Waals surface area contributed by atoms with Gasteiger partial charge in [0, 0.05) is 25.7 Å². The fraction of sp³-hybridized carbons (Fsp3) is 0.480. The number of carbonyl (C=O) groups excluding carboxylic acids is 1. The molecule has 0 spiro atoms. The van der Waals surface area contributed by atoms with E-state index >= 15 is 0 Å². The molecule has 1 unspecified atom stereocenters. The molecule has 1 fully saturated rings. The summed E-state index contributed by atoms with van der Waals surface area (Å²) in [6.45, 7) is 5.21. The molecule has 1 N–H and O–H groups in total. The largest absolute Gasteiger partial charge is 0.387 e. The highest BCUT2D eigenvalue weighted by atomic mass is 16.3. The van der Waals surface area contributed by atoms with Crippen molar-refractivity contribution < 1.29 is 9.90 Å². The van der Waals surface area contributed by atoms with Crippen LogP contribution in [0.25, 0.3) is 0 Å². The van der Waals surface area contributed by atoms with E-state index in [1.54, 1.807) is 6.92 Å². The van der Waals surface area contributed by atoms with Crippen LogP contribution in [-0.2, 0) is 17.6 Å². The molecule has 1 amide bonds. The van der Waals surface area contributed by atoms with Crippen LogP contribution in [0.1, 0.15) is 49.0 Å². The minimum Gasteiger partial charge on any atom is -0.387 e. The first-order chi connectivity index (χ1) is 14.1. The van der Waals surface area contributed by atoms with Gasteiger partial charge in [0.15, 0.2) is 0 Å². The first-order valence-electron chi connectivity index (χ1n) is 11.0. The Balaban J connectivity index is 1.32. The fourth-order valence-corrected chi connectivity index (χ4v) is 4.82. The minimum absolute atomic E-state index is 0.0950. The van der Waals surface area contributed by atoms with Crippen LogP contribution in [0.15, 0.2) is 48.5 Å². The van der Waals surface area contributed by atoms with Crippen molar-refractivity contribution in [1.29, 1.82) is 0 Å². The third kappa shape index (κ3) is 4.88. The number of anilines is 1. The maximum atomic E-state index is 11.9. The summed E-state index contributed by atoms with van der Waals surface area (Å²) >= 11 is 0. The molecule has 2 heterocycles. The maximum absolute atomic E-state index is 11.9. The number of rotatable bonds is 5. The van der Waals surface area contributed by atoms with E-state index in [1.165, 1.54) is 24.0 Å². The Morgan fingerprint density at radius 3 is 2.59 bits per heavy atom. The molecule has 4 rings (SSSR count). The molecule has 0 radical (unpaired) electrons.